The molecule has 10 rings (SSSR count). The molecule has 0 saturated heterocycles. The van der Waals surface area contributed by atoms with Crippen LogP contribution in [0.1, 0.15) is 74.9 Å². The van der Waals surface area contributed by atoms with Crippen LogP contribution in [0.15, 0.2) is 121 Å². The van der Waals surface area contributed by atoms with Gasteiger partial charge < -0.3 is 4.98 Å². The van der Waals surface area contributed by atoms with Gasteiger partial charge in [0.1, 0.15) is 0 Å². The van der Waals surface area contributed by atoms with Gasteiger partial charge in [-0.2, -0.15) is 0 Å². The monoisotopic (exact) mass is 605 g/mol. The van der Waals surface area contributed by atoms with Gasteiger partial charge in [0.05, 0.1) is 5.41 Å². The van der Waals surface area contributed by atoms with Crippen LogP contribution in [0, 0.1) is 5.41 Å². The van der Waals surface area contributed by atoms with Gasteiger partial charge in [0.2, 0.25) is 0 Å². The molecule has 3 aliphatic carbocycles. The lowest BCUT2D eigenvalue weighted by Crippen LogP contribution is -2.42. The van der Waals surface area contributed by atoms with Gasteiger partial charge in [-0.25, -0.2) is 0 Å². The maximum Gasteiger partial charge on any atom is 0.0725 e. The molecule has 3 aliphatic rings. The number of rotatable bonds is 1. The Bertz CT molecular complexity index is 2430. The van der Waals surface area contributed by atoms with Crippen LogP contribution in [0.3, 0.4) is 0 Å². The lowest BCUT2D eigenvalue weighted by Gasteiger charge is -2.44. The fourth-order valence-corrected chi connectivity index (χ4v) is 9.89. The molecule has 0 unspecified atom stereocenters. The van der Waals surface area contributed by atoms with Gasteiger partial charge in [-0.1, -0.05) is 133 Å². The number of nitrogens with one attached hydrogen (secondary N) is 1. The number of aromatic nitrogens is 1. The van der Waals surface area contributed by atoms with Crippen LogP contribution >= 0.6 is 0 Å². The summed E-state index contributed by atoms with van der Waals surface area (Å²) in [5, 5.41) is 2.62. The summed E-state index contributed by atoms with van der Waals surface area (Å²) in [6.45, 7) is 14.6. The molecule has 6 aromatic carbocycles. The first-order chi connectivity index (χ1) is 22.6. The number of fused-ring (bicyclic) bond motifs is 14. The van der Waals surface area contributed by atoms with Gasteiger partial charge in [0.15, 0.2) is 0 Å². The number of hydrogen-bond donors (Lipinski definition) is 1. The van der Waals surface area contributed by atoms with Crippen LogP contribution in [0.5, 0.6) is 0 Å². The normalized spacial score (nSPS) is 18.3. The second-order valence-corrected chi connectivity index (χ2v) is 15.9. The van der Waals surface area contributed by atoms with Gasteiger partial charge in [0.25, 0.3) is 0 Å². The van der Waals surface area contributed by atoms with E-state index in [2.05, 4.69) is 168 Å². The predicted molar refractivity (Wildman–Crippen MR) is 197 cm³/mol. The zero-order chi connectivity index (χ0) is 32.1. The second kappa shape index (κ2) is 8.52. The van der Waals surface area contributed by atoms with E-state index in [1.165, 1.54) is 88.6 Å². The van der Waals surface area contributed by atoms with Gasteiger partial charge in [-0.15, -0.1) is 0 Å². The average Bonchev–Trinajstić information content (AvgIpc) is 3.72. The summed E-state index contributed by atoms with van der Waals surface area (Å²) in [6, 6.07) is 46.3. The highest BCUT2D eigenvalue weighted by atomic mass is 14.7. The molecule has 0 saturated carbocycles. The minimum absolute atomic E-state index is 0.0679. The largest absolute Gasteiger partial charge is 0.355 e. The smallest absolute Gasteiger partial charge is 0.0725 e. The Kier molecular flexibility index (Phi) is 4.94. The molecular formula is C46H39N. The maximum absolute atomic E-state index is 3.79. The third-order valence-corrected chi connectivity index (χ3v) is 13.5. The third kappa shape index (κ3) is 3.03. The quantitative estimate of drug-likeness (QED) is 0.192. The average molecular weight is 606 g/mol. The Balaban J connectivity index is 1.20. The van der Waals surface area contributed by atoms with Crippen molar-refractivity contribution in [2.75, 3.05) is 0 Å². The highest BCUT2D eigenvalue weighted by Crippen LogP contribution is 2.64. The molecule has 0 atom stereocenters. The van der Waals surface area contributed by atoms with Crippen molar-refractivity contribution in [1.82, 2.24) is 4.98 Å². The van der Waals surface area contributed by atoms with Crippen LogP contribution in [-0.4, -0.2) is 4.98 Å². The van der Waals surface area contributed by atoms with Crippen LogP contribution in [0.2, 0.25) is 0 Å². The molecule has 0 fully saturated rings. The van der Waals surface area contributed by atoms with E-state index in [0.717, 1.165) is 0 Å². The Morgan fingerprint density at radius 3 is 1.45 bits per heavy atom. The third-order valence-electron chi connectivity index (χ3n) is 13.5. The molecule has 0 aliphatic heterocycles. The molecule has 228 valence electrons. The Morgan fingerprint density at radius 1 is 0.383 bits per heavy atom. The predicted octanol–water partition coefficient (Wildman–Crippen LogP) is 11.9. The summed E-state index contributed by atoms with van der Waals surface area (Å²) < 4.78 is 0. The van der Waals surface area contributed by atoms with Gasteiger partial charge in [0, 0.05) is 21.8 Å². The number of H-pyrrole nitrogens is 1. The van der Waals surface area contributed by atoms with Crippen LogP contribution in [-0.2, 0) is 16.2 Å². The van der Waals surface area contributed by atoms with Crippen molar-refractivity contribution in [3.05, 3.63) is 155 Å². The van der Waals surface area contributed by atoms with Gasteiger partial charge in [-0.05, 0) is 113 Å². The van der Waals surface area contributed by atoms with E-state index in [1.807, 2.05) is 0 Å². The molecule has 0 bridgehead atoms. The first kappa shape index (κ1) is 27.3. The molecular weight excluding hydrogens is 567 g/mol. The summed E-state index contributed by atoms with van der Waals surface area (Å²) >= 11 is 0. The van der Waals surface area contributed by atoms with E-state index >= 15 is 0 Å². The minimum atomic E-state index is -0.328. The number of benzene rings is 6. The van der Waals surface area contributed by atoms with E-state index in [0.29, 0.717) is 0 Å². The molecule has 0 amide bonds. The minimum Gasteiger partial charge on any atom is -0.355 e. The SMILES string of the molecule is CC1(C)c2cc3[nH]c4ccc(-c5ccc6c(c5)C5(c7ccccc7-c7ccccc75)c5ccccc5-6)cc4c3cc2C(C)(C)C1(C)C. The van der Waals surface area contributed by atoms with Crippen LogP contribution < -0.4 is 0 Å². The summed E-state index contributed by atoms with van der Waals surface area (Å²) in [6.07, 6.45) is 0. The van der Waals surface area contributed by atoms with Crippen molar-refractivity contribution in [3.63, 3.8) is 0 Å². The van der Waals surface area contributed by atoms with E-state index in [1.54, 1.807) is 0 Å². The van der Waals surface area contributed by atoms with Crippen LogP contribution in [0.25, 0.3) is 55.2 Å². The van der Waals surface area contributed by atoms with Crippen molar-refractivity contribution in [2.45, 2.75) is 57.8 Å². The van der Waals surface area contributed by atoms with Crippen molar-refractivity contribution < 1.29 is 0 Å². The standard InChI is InChI=1S/C46H39N/c1-43(2)39-25-34-33-23-27(20-22-41(33)47-42(34)26-40(39)44(3,4)45(43,5)6)28-19-21-32-31-15-9-12-18-37(31)46(38(32)24-28)35-16-10-7-13-29(35)30-14-8-11-17-36(30)46/h7-26,47H,1-6H3. The Hall–Kier alpha value is -4.88. The zero-order valence-corrected chi connectivity index (χ0v) is 28.0. The van der Waals surface area contributed by atoms with Gasteiger partial charge in [-0.3, -0.25) is 0 Å². The van der Waals surface area contributed by atoms with E-state index in [-0.39, 0.29) is 21.7 Å². The summed E-state index contributed by atoms with van der Waals surface area (Å²) in [4.78, 5) is 3.79. The molecule has 1 spiro atoms. The molecule has 1 aromatic heterocycles. The van der Waals surface area contributed by atoms with Crippen molar-refractivity contribution in [2.24, 2.45) is 5.41 Å². The van der Waals surface area contributed by atoms with E-state index in [4.69, 9.17) is 0 Å². The lowest BCUT2D eigenvalue weighted by molar-refractivity contribution is 0.125. The molecule has 7 aromatic rings. The molecule has 47 heavy (non-hydrogen) atoms. The Labute approximate surface area is 277 Å². The topological polar surface area (TPSA) is 15.8 Å². The van der Waals surface area contributed by atoms with Crippen LogP contribution in [0.4, 0.5) is 0 Å². The maximum atomic E-state index is 3.79. The summed E-state index contributed by atoms with van der Waals surface area (Å²) in [7, 11) is 0. The Morgan fingerprint density at radius 2 is 0.851 bits per heavy atom. The summed E-state index contributed by atoms with van der Waals surface area (Å²) in [5.41, 5.74) is 18.8. The first-order valence-electron chi connectivity index (χ1n) is 17.1. The first-order valence-corrected chi connectivity index (χ1v) is 17.1. The molecule has 1 heteroatoms. The molecule has 1 N–H and O–H groups in total. The fourth-order valence-electron chi connectivity index (χ4n) is 9.89. The van der Waals surface area contributed by atoms with Crippen molar-refractivity contribution in [3.8, 4) is 33.4 Å². The second-order valence-electron chi connectivity index (χ2n) is 15.9. The van der Waals surface area contributed by atoms with Gasteiger partial charge >= 0.3 is 0 Å². The van der Waals surface area contributed by atoms with E-state index < -0.39 is 0 Å². The lowest BCUT2D eigenvalue weighted by atomic mass is 9.59. The fraction of sp³-hybridized carbons (Fsp3) is 0.217. The molecule has 1 nitrogen and oxygen atoms in total. The number of aromatic amines is 1. The number of hydrogen-bond acceptors (Lipinski definition) is 0. The summed E-state index contributed by atoms with van der Waals surface area (Å²) in [5.74, 6) is 0. The zero-order valence-electron chi connectivity index (χ0n) is 28.0. The highest BCUT2D eigenvalue weighted by molar-refractivity contribution is 6.09. The molecule has 0 radical (unpaired) electrons. The van der Waals surface area contributed by atoms with Crippen molar-refractivity contribution >= 4 is 21.8 Å². The van der Waals surface area contributed by atoms with Crippen molar-refractivity contribution in [1.29, 1.82) is 0 Å². The highest BCUT2D eigenvalue weighted by Gasteiger charge is 2.57. The van der Waals surface area contributed by atoms with E-state index in [9.17, 15) is 0 Å². The molecule has 1 heterocycles.